The Labute approximate surface area is 130 Å². The lowest BCUT2D eigenvalue weighted by Crippen LogP contribution is -2.10. The minimum Gasteiger partial charge on any atom is -0.310 e. The Morgan fingerprint density at radius 2 is 1.32 bits per heavy atom. The summed E-state index contributed by atoms with van der Waals surface area (Å²) in [6.07, 6.45) is 0. The third kappa shape index (κ3) is 2.86. The molecule has 110 valence electrons. The van der Waals surface area contributed by atoms with E-state index in [0.717, 1.165) is 17.1 Å². The molecule has 2 heteroatoms. The van der Waals surface area contributed by atoms with E-state index in [9.17, 15) is 4.39 Å². The van der Waals surface area contributed by atoms with E-state index < -0.39 is 0 Å². The zero-order valence-electron chi connectivity index (χ0n) is 12.8. The molecule has 0 heterocycles. The molecule has 0 unspecified atom stereocenters. The van der Waals surface area contributed by atoms with E-state index in [1.165, 1.54) is 17.2 Å². The fourth-order valence-electron chi connectivity index (χ4n) is 2.50. The largest absolute Gasteiger partial charge is 0.310 e. The number of benzene rings is 3. The molecule has 0 aromatic heterocycles. The zero-order valence-corrected chi connectivity index (χ0v) is 12.8. The third-order valence-electron chi connectivity index (χ3n) is 3.83. The van der Waals surface area contributed by atoms with Crippen LogP contribution in [0.15, 0.2) is 72.8 Å². The predicted molar refractivity (Wildman–Crippen MR) is 90.6 cm³/mol. The van der Waals surface area contributed by atoms with E-state index >= 15 is 0 Å². The van der Waals surface area contributed by atoms with Crippen molar-refractivity contribution < 1.29 is 4.39 Å². The average molecular weight is 291 g/mol. The maximum Gasteiger partial charge on any atom is 0.125 e. The highest BCUT2D eigenvalue weighted by molar-refractivity contribution is 5.76. The first kappa shape index (κ1) is 14.3. The van der Waals surface area contributed by atoms with Gasteiger partial charge < -0.3 is 4.90 Å². The SMILES string of the molecule is Cc1ccc(N(c2ccccc2)c2cccc(F)c2)cc1C. The molecule has 0 atom stereocenters. The number of hydrogen-bond acceptors (Lipinski definition) is 1. The van der Waals surface area contributed by atoms with Crippen molar-refractivity contribution in [2.75, 3.05) is 4.90 Å². The quantitative estimate of drug-likeness (QED) is 0.579. The fourth-order valence-corrected chi connectivity index (χ4v) is 2.50. The predicted octanol–water partition coefficient (Wildman–Crippen LogP) is 5.91. The lowest BCUT2D eigenvalue weighted by atomic mass is 10.1. The summed E-state index contributed by atoms with van der Waals surface area (Å²) in [6, 6.07) is 23.0. The van der Waals surface area contributed by atoms with Crippen molar-refractivity contribution in [2.45, 2.75) is 13.8 Å². The molecule has 3 aromatic carbocycles. The molecule has 0 saturated heterocycles. The van der Waals surface area contributed by atoms with Crippen LogP contribution >= 0.6 is 0 Å². The van der Waals surface area contributed by atoms with Crippen LogP contribution in [0.4, 0.5) is 21.5 Å². The smallest absolute Gasteiger partial charge is 0.125 e. The summed E-state index contributed by atoms with van der Waals surface area (Å²) in [7, 11) is 0. The van der Waals surface area contributed by atoms with Crippen LogP contribution in [-0.2, 0) is 0 Å². The first-order chi connectivity index (χ1) is 10.6. The molecule has 0 aliphatic heterocycles. The van der Waals surface area contributed by atoms with Gasteiger partial charge in [-0.3, -0.25) is 0 Å². The number of halogens is 1. The molecule has 0 fully saturated rings. The summed E-state index contributed by atoms with van der Waals surface area (Å²) in [5.41, 5.74) is 5.32. The third-order valence-corrected chi connectivity index (χ3v) is 3.83. The minimum absolute atomic E-state index is 0.234. The highest BCUT2D eigenvalue weighted by Crippen LogP contribution is 2.35. The van der Waals surface area contributed by atoms with Crippen molar-refractivity contribution in [3.8, 4) is 0 Å². The number of para-hydroxylation sites is 1. The highest BCUT2D eigenvalue weighted by atomic mass is 19.1. The second kappa shape index (κ2) is 6.02. The van der Waals surface area contributed by atoms with E-state index in [4.69, 9.17) is 0 Å². The summed E-state index contributed by atoms with van der Waals surface area (Å²) in [6.45, 7) is 4.18. The van der Waals surface area contributed by atoms with Gasteiger partial charge in [0.15, 0.2) is 0 Å². The lowest BCUT2D eigenvalue weighted by molar-refractivity contribution is 0.628. The summed E-state index contributed by atoms with van der Waals surface area (Å²) < 4.78 is 13.7. The van der Waals surface area contributed by atoms with Crippen LogP contribution in [0.5, 0.6) is 0 Å². The van der Waals surface area contributed by atoms with Gasteiger partial charge in [-0.2, -0.15) is 0 Å². The molecule has 22 heavy (non-hydrogen) atoms. The Kier molecular flexibility index (Phi) is 3.92. The zero-order chi connectivity index (χ0) is 15.5. The monoisotopic (exact) mass is 291 g/mol. The van der Waals surface area contributed by atoms with Crippen molar-refractivity contribution in [3.63, 3.8) is 0 Å². The van der Waals surface area contributed by atoms with Gasteiger partial charge in [0, 0.05) is 17.1 Å². The minimum atomic E-state index is -0.234. The van der Waals surface area contributed by atoms with Crippen LogP contribution < -0.4 is 4.90 Å². The number of rotatable bonds is 3. The first-order valence-electron chi connectivity index (χ1n) is 7.33. The molecule has 0 spiro atoms. The molecule has 3 rings (SSSR count). The summed E-state index contributed by atoms with van der Waals surface area (Å²) in [5, 5.41) is 0. The normalized spacial score (nSPS) is 10.5. The maximum absolute atomic E-state index is 13.7. The summed E-state index contributed by atoms with van der Waals surface area (Å²) in [4.78, 5) is 2.06. The van der Waals surface area contributed by atoms with Crippen LogP contribution in [0.1, 0.15) is 11.1 Å². The number of anilines is 3. The van der Waals surface area contributed by atoms with Crippen LogP contribution in [0.3, 0.4) is 0 Å². The Hall–Kier alpha value is -2.61. The number of nitrogens with zero attached hydrogens (tertiary/aromatic N) is 1. The van der Waals surface area contributed by atoms with Gasteiger partial charge in [0.2, 0.25) is 0 Å². The van der Waals surface area contributed by atoms with Crippen LogP contribution in [-0.4, -0.2) is 0 Å². The number of aryl methyl sites for hydroxylation is 2. The first-order valence-corrected chi connectivity index (χ1v) is 7.33. The topological polar surface area (TPSA) is 3.24 Å². The standard InChI is InChI=1S/C20H18FN/c1-15-11-12-20(13-16(15)2)22(18-8-4-3-5-9-18)19-10-6-7-17(21)14-19/h3-14H,1-2H3. The van der Waals surface area contributed by atoms with Crippen LogP contribution in [0, 0.1) is 19.7 Å². The molecular formula is C20H18FN. The Bertz CT molecular complexity index is 781. The average Bonchev–Trinajstić information content (AvgIpc) is 2.52. The molecule has 0 aliphatic carbocycles. The molecule has 1 nitrogen and oxygen atoms in total. The van der Waals surface area contributed by atoms with Crippen molar-refractivity contribution in [1.29, 1.82) is 0 Å². The lowest BCUT2D eigenvalue weighted by Gasteiger charge is -2.26. The van der Waals surface area contributed by atoms with Crippen LogP contribution in [0.25, 0.3) is 0 Å². The van der Waals surface area contributed by atoms with E-state index in [2.05, 4.69) is 36.9 Å². The Balaban J connectivity index is 2.16. The molecule has 3 aromatic rings. The van der Waals surface area contributed by atoms with Gasteiger partial charge in [-0.1, -0.05) is 30.3 Å². The fraction of sp³-hybridized carbons (Fsp3) is 0.100. The maximum atomic E-state index is 13.7. The summed E-state index contributed by atoms with van der Waals surface area (Å²) >= 11 is 0. The van der Waals surface area contributed by atoms with Crippen molar-refractivity contribution in [2.24, 2.45) is 0 Å². The molecular weight excluding hydrogens is 273 g/mol. The second-order valence-electron chi connectivity index (χ2n) is 5.42. The van der Waals surface area contributed by atoms with Gasteiger partial charge in [0.1, 0.15) is 5.82 Å². The molecule has 0 N–H and O–H groups in total. The van der Waals surface area contributed by atoms with Crippen molar-refractivity contribution >= 4 is 17.1 Å². The van der Waals surface area contributed by atoms with Crippen LogP contribution in [0.2, 0.25) is 0 Å². The Morgan fingerprint density at radius 1 is 0.636 bits per heavy atom. The van der Waals surface area contributed by atoms with Gasteiger partial charge in [-0.15, -0.1) is 0 Å². The van der Waals surface area contributed by atoms with Gasteiger partial charge >= 0.3 is 0 Å². The van der Waals surface area contributed by atoms with Crippen molar-refractivity contribution in [3.05, 3.63) is 89.7 Å². The van der Waals surface area contributed by atoms with E-state index in [1.807, 2.05) is 36.4 Å². The molecule has 0 amide bonds. The second-order valence-corrected chi connectivity index (χ2v) is 5.42. The van der Waals surface area contributed by atoms with Gasteiger partial charge in [-0.05, 0) is 67.4 Å². The molecule has 0 saturated carbocycles. The van der Waals surface area contributed by atoms with E-state index in [1.54, 1.807) is 12.1 Å². The molecule has 0 radical (unpaired) electrons. The molecule has 0 aliphatic rings. The van der Waals surface area contributed by atoms with Gasteiger partial charge in [0.25, 0.3) is 0 Å². The van der Waals surface area contributed by atoms with E-state index in [-0.39, 0.29) is 5.82 Å². The van der Waals surface area contributed by atoms with E-state index in [0.29, 0.717) is 0 Å². The Morgan fingerprint density at radius 3 is 2.00 bits per heavy atom. The molecule has 0 bridgehead atoms. The summed E-state index contributed by atoms with van der Waals surface area (Å²) in [5.74, 6) is -0.234. The highest BCUT2D eigenvalue weighted by Gasteiger charge is 2.13. The van der Waals surface area contributed by atoms with Crippen molar-refractivity contribution in [1.82, 2.24) is 0 Å². The van der Waals surface area contributed by atoms with Gasteiger partial charge in [0.05, 0.1) is 0 Å². The number of hydrogen-bond donors (Lipinski definition) is 0. The van der Waals surface area contributed by atoms with Gasteiger partial charge in [-0.25, -0.2) is 4.39 Å².